The van der Waals surface area contributed by atoms with Crippen molar-refractivity contribution in [1.82, 2.24) is 4.90 Å². The van der Waals surface area contributed by atoms with Gasteiger partial charge in [-0.15, -0.1) is 0 Å². The van der Waals surface area contributed by atoms with E-state index < -0.39 is 0 Å². The molecule has 1 aliphatic rings. The predicted molar refractivity (Wildman–Crippen MR) is 114 cm³/mol. The maximum absolute atomic E-state index is 12.2. The van der Waals surface area contributed by atoms with E-state index in [4.69, 9.17) is 0 Å². The second kappa shape index (κ2) is 8.89. The number of carbonyl (C=O) groups excluding carboxylic acids is 2. The average molecular weight is 380 g/mol. The zero-order valence-corrected chi connectivity index (χ0v) is 16.8. The zero-order chi connectivity index (χ0) is 20.1. The summed E-state index contributed by atoms with van der Waals surface area (Å²) >= 11 is 0. The smallest absolute Gasteiger partial charge is 0.233 e. The van der Waals surface area contributed by atoms with Crippen LogP contribution in [0.2, 0.25) is 0 Å². The number of hydrogen-bond donors (Lipinski definition) is 2. The van der Waals surface area contributed by atoms with Gasteiger partial charge < -0.3 is 20.4 Å². The molecular weight excluding hydrogens is 352 g/mol. The SMILES string of the molecule is Cc1ccc(C)c(NC(=O)CC(=O)Nc2ccc(N3CCN(C)CC3)cc2)c1. The molecule has 1 saturated heterocycles. The molecule has 28 heavy (non-hydrogen) atoms. The first-order valence-electron chi connectivity index (χ1n) is 9.61. The molecule has 0 aliphatic carbocycles. The van der Waals surface area contributed by atoms with Crippen molar-refractivity contribution in [3.8, 4) is 0 Å². The summed E-state index contributed by atoms with van der Waals surface area (Å²) < 4.78 is 0. The fourth-order valence-electron chi connectivity index (χ4n) is 3.24. The summed E-state index contributed by atoms with van der Waals surface area (Å²) in [4.78, 5) is 29.0. The summed E-state index contributed by atoms with van der Waals surface area (Å²) in [5.41, 5.74) is 4.63. The van der Waals surface area contributed by atoms with Crippen LogP contribution in [0.25, 0.3) is 0 Å². The Bertz CT molecular complexity index is 840. The number of hydrogen-bond acceptors (Lipinski definition) is 4. The van der Waals surface area contributed by atoms with E-state index in [0.717, 1.165) is 48.7 Å². The summed E-state index contributed by atoms with van der Waals surface area (Å²) in [6.45, 7) is 7.99. The lowest BCUT2D eigenvalue weighted by molar-refractivity contribution is -0.123. The molecular formula is C22H28N4O2. The largest absolute Gasteiger partial charge is 0.369 e. The van der Waals surface area contributed by atoms with Gasteiger partial charge in [-0.25, -0.2) is 0 Å². The molecule has 0 unspecified atom stereocenters. The minimum Gasteiger partial charge on any atom is -0.369 e. The van der Waals surface area contributed by atoms with E-state index in [1.54, 1.807) is 0 Å². The van der Waals surface area contributed by atoms with E-state index in [1.807, 2.05) is 56.3 Å². The summed E-state index contributed by atoms with van der Waals surface area (Å²) in [6, 6.07) is 13.6. The molecule has 0 saturated carbocycles. The van der Waals surface area contributed by atoms with Gasteiger partial charge in [0.05, 0.1) is 0 Å². The Morgan fingerprint density at radius 1 is 0.893 bits per heavy atom. The second-order valence-electron chi connectivity index (χ2n) is 7.43. The average Bonchev–Trinajstić information content (AvgIpc) is 2.66. The van der Waals surface area contributed by atoms with Crippen LogP contribution in [0.1, 0.15) is 17.5 Å². The highest BCUT2D eigenvalue weighted by Gasteiger charge is 2.15. The number of rotatable bonds is 5. The summed E-state index contributed by atoms with van der Waals surface area (Å²) in [7, 11) is 2.13. The van der Waals surface area contributed by atoms with Gasteiger partial charge in [0.15, 0.2) is 0 Å². The van der Waals surface area contributed by atoms with Crippen LogP contribution in [0.15, 0.2) is 42.5 Å². The molecule has 3 rings (SSSR count). The lowest BCUT2D eigenvalue weighted by Crippen LogP contribution is -2.44. The van der Waals surface area contributed by atoms with E-state index >= 15 is 0 Å². The lowest BCUT2D eigenvalue weighted by Gasteiger charge is -2.34. The van der Waals surface area contributed by atoms with E-state index in [0.29, 0.717) is 5.69 Å². The Morgan fingerprint density at radius 3 is 2.21 bits per heavy atom. The van der Waals surface area contributed by atoms with Gasteiger partial charge in [0.25, 0.3) is 0 Å². The van der Waals surface area contributed by atoms with Gasteiger partial charge in [-0.05, 0) is 62.4 Å². The first kappa shape index (κ1) is 19.9. The number of nitrogens with one attached hydrogen (secondary N) is 2. The molecule has 1 aliphatic heterocycles. The Balaban J connectivity index is 1.51. The third-order valence-electron chi connectivity index (χ3n) is 5.01. The van der Waals surface area contributed by atoms with Crippen LogP contribution in [0, 0.1) is 13.8 Å². The minimum atomic E-state index is -0.324. The third kappa shape index (κ3) is 5.33. The van der Waals surface area contributed by atoms with E-state index in [2.05, 4.69) is 27.5 Å². The Morgan fingerprint density at radius 2 is 1.54 bits per heavy atom. The lowest BCUT2D eigenvalue weighted by atomic mass is 10.1. The van der Waals surface area contributed by atoms with E-state index in [9.17, 15) is 9.59 Å². The minimum absolute atomic E-state index is 0.215. The van der Waals surface area contributed by atoms with Gasteiger partial charge in [0.1, 0.15) is 6.42 Å². The van der Waals surface area contributed by atoms with Crippen molar-refractivity contribution >= 4 is 28.9 Å². The Hall–Kier alpha value is -2.86. The molecule has 2 amide bonds. The number of carbonyl (C=O) groups is 2. The molecule has 0 aromatic heterocycles. The van der Waals surface area contributed by atoms with Crippen molar-refractivity contribution < 1.29 is 9.59 Å². The Kier molecular flexibility index (Phi) is 6.31. The first-order valence-corrected chi connectivity index (χ1v) is 9.61. The van der Waals surface area contributed by atoms with E-state index in [-0.39, 0.29) is 18.2 Å². The quantitative estimate of drug-likeness (QED) is 0.783. The first-order chi connectivity index (χ1) is 13.4. The highest BCUT2D eigenvalue weighted by molar-refractivity contribution is 6.08. The van der Waals surface area contributed by atoms with Crippen molar-refractivity contribution in [2.75, 3.05) is 48.8 Å². The number of amides is 2. The van der Waals surface area contributed by atoms with E-state index in [1.165, 1.54) is 0 Å². The standard InChI is InChI=1S/C22H28N4O2/c1-16-4-5-17(2)20(14-16)24-22(28)15-21(27)23-18-6-8-19(9-7-18)26-12-10-25(3)11-13-26/h4-9,14H,10-13,15H2,1-3H3,(H,23,27)(H,24,28). The van der Waals surface area contributed by atoms with Crippen LogP contribution in [0.3, 0.4) is 0 Å². The van der Waals surface area contributed by atoms with Gasteiger partial charge in [-0.2, -0.15) is 0 Å². The van der Waals surface area contributed by atoms with Crippen molar-refractivity contribution in [2.45, 2.75) is 20.3 Å². The highest BCUT2D eigenvalue weighted by Crippen LogP contribution is 2.20. The summed E-state index contributed by atoms with van der Waals surface area (Å²) in [5, 5.41) is 5.61. The van der Waals surface area contributed by atoms with Crippen LogP contribution >= 0.6 is 0 Å². The third-order valence-corrected chi connectivity index (χ3v) is 5.01. The molecule has 0 bridgehead atoms. The highest BCUT2D eigenvalue weighted by atomic mass is 16.2. The van der Waals surface area contributed by atoms with Crippen molar-refractivity contribution in [3.63, 3.8) is 0 Å². The maximum atomic E-state index is 12.2. The van der Waals surface area contributed by atoms with Crippen LogP contribution in [-0.4, -0.2) is 49.9 Å². The molecule has 6 heteroatoms. The molecule has 2 aromatic rings. The normalized spacial score (nSPS) is 14.6. The van der Waals surface area contributed by atoms with Crippen LogP contribution < -0.4 is 15.5 Å². The van der Waals surface area contributed by atoms with Gasteiger partial charge >= 0.3 is 0 Å². The van der Waals surface area contributed by atoms with Crippen LogP contribution in [-0.2, 0) is 9.59 Å². The monoisotopic (exact) mass is 380 g/mol. The molecule has 0 atom stereocenters. The van der Waals surface area contributed by atoms with Gasteiger partial charge in [0.2, 0.25) is 11.8 Å². The predicted octanol–water partition coefficient (Wildman–Crippen LogP) is 3.02. The van der Waals surface area contributed by atoms with Crippen molar-refractivity contribution in [1.29, 1.82) is 0 Å². The number of benzene rings is 2. The van der Waals surface area contributed by atoms with Gasteiger partial charge in [0, 0.05) is 43.2 Å². The summed E-state index contributed by atoms with van der Waals surface area (Å²) in [6.07, 6.45) is -0.215. The number of piperazine rings is 1. The summed E-state index contributed by atoms with van der Waals surface area (Å²) in [5.74, 6) is -0.643. The number of nitrogens with zero attached hydrogens (tertiary/aromatic N) is 2. The number of aryl methyl sites for hydroxylation is 2. The molecule has 1 fully saturated rings. The number of anilines is 3. The van der Waals surface area contributed by atoms with Gasteiger partial charge in [-0.1, -0.05) is 12.1 Å². The van der Waals surface area contributed by atoms with Crippen LogP contribution in [0.5, 0.6) is 0 Å². The molecule has 6 nitrogen and oxygen atoms in total. The Labute approximate surface area is 166 Å². The second-order valence-corrected chi connectivity index (χ2v) is 7.43. The molecule has 2 aromatic carbocycles. The topological polar surface area (TPSA) is 64.7 Å². The van der Waals surface area contributed by atoms with Gasteiger partial charge in [-0.3, -0.25) is 9.59 Å². The van der Waals surface area contributed by atoms with Crippen LogP contribution in [0.4, 0.5) is 17.1 Å². The molecule has 148 valence electrons. The van der Waals surface area contributed by atoms with Crippen molar-refractivity contribution in [2.24, 2.45) is 0 Å². The van der Waals surface area contributed by atoms with Crippen molar-refractivity contribution in [3.05, 3.63) is 53.6 Å². The maximum Gasteiger partial charge on any atom is 0.233 e. The molecule has 0 spiro atoms. The fraction of sp³-hybridized carbons (Fsp3) is 0.364. The molecule has 2 N–H and O–H groups in total. The number of likely N-dealkylation sites (N-methyl/N-ethyl adjacent to an activating group) is 1. The molecule has 0 radical (unpaired) electrons. The fourth-order valence-corrected chi connectivity index (χ4v) is 3.24. The zero-order valence-electron chi connectivity index (χ0n) is 16.8. The molecule has 1 heterocycles.